The standard InChI is InChI=1S/C24H29N5O2.C17H22N4O2/c30-23(26-19-12-16-28(17-19)15-11-18-7-3-5-13-25-18)21-9-4-6-14-29(21)24-27-20-8-1-2-10-22(20)31-24;22-16(19-12-8-9-18-11-12)14-6-3-4-10-21(14)17-20-13-5-1-2-7-15(13)23-17/h1-3,5,7-8,10,13,19,21H,4,6,9,11-12,14-17H2,(H,26,30);1-2,5,7,12,14,18H,3-4,6,8-11H2,(H,19,22)/t19-,21-;12-,14-/m00/s1. The van der Waals surface area contributed by atoms with E-state index in [1.54, 1.807) is 0 Å². The highest BCUT2D eigenvalue weighted by Gasteiger charge is 2.35. The summed E-state index contributed by atoms with van der Waals surface area (Å²) >= 11 is 0. The molecule has 9 rings (SSSR count). The predicted octanol–water partition coefficient (Wildman–Crippen LogP) is 4.68. The fourth-order valence-corrected chi connectivity index (χ4v) is 8.18. The van der Waals surface area contributed by atoms with Crippen LogP contribution in [0.3, 0.4) is 0 Å². The molecule has 13 heteroatoms. The van der Waals surface area contributed by atoms with Gasteiger partial charge in [0.1, 0.15) is 23.1 Å². The summed E-state index contributed by atoms with van der Waals surface area (Å²) in [6.07, 6.45) is 10.7. The maximum absolute atomic E-state index is 13.2. The second kappa shape index (κ2) is 17.0. The van der Waals surface area contributed by atoms with Gasteiger partial charge in [-0.3, -0.25) is 14.6 Å². The van der Waals surface area contributed by atoms with Gasteiger partial charge in [0.15, 0.2) is 11.2 Å². The van der Waals surface area contributed by atoms with E-state index in [0.717, 1.165) is 131 Å². The van der Waals surface area contributed by atoms with Crippen LogP contribution < -0.4 is 25.8 Å². The first-order chi connectivity index (χ1) is 26.6. The lowest BCUT2D eigenvalue weighted by molar-refractivity contribution is -0.124. The summed E-state index contributed by atoms with van der Waals surface area (Å²) in [6, 6.07) is 22.7. The molecule has 3 aromatic heterocycles. The smallest absolute Gasteiger partial charge is 0.299 e. The van der Waals surface area contributed by atoms with Crippen molar-refractivity contribution in [2.24, 2.45) is 0 Å². The molecule has 7 heterocycles. The van der Waals surface area contributed by atoms with Crippen molar-refractivity contribution in [1.29, 1.82) is 0 Å². The fourth-order valence-electron chi connectivity index (χ4n) is 8.18. The van der Waals surface area contributed by atoms with Gasteiger partial charge in [0.05, 0.1) is 0 Å². The van der Waals surface area contributed by atoms with Crippen LogP contribution in [0, 0.1) is 0 Å². The number of likely N-dealkylation sites (tertiary alicyclic amines) is 1. The van der Waals surface area contributed by atoms with Crippen molar-refractivity contribution in [3.05, 3.63) is 78.6 Å². The maximum Gasteiger partial charge on any atom is 0.299 e. The molecule has 3 N–H and O–H groups in total. The number of hydrogen-bond acceptors (Lipinski definition) is 11. The van der Waals surface area contributed by atoms with E-state index in [9.17, 15) is 9.59 Å². The van der Waals surface area contributed by atoms with Gasteiger partial charge in [0.2, 0.25) is 11.8 Å². The van der Waals surface area contributed by atoms with Crippen LogP contribution in [-0.4, -0.2) is 102 Å². The van der Waals surface area contributed by atoms with Crippen molar-refractivity contribution < 1.29 is 18.4 Å². The molecule has 0 spiro atoms. The Balaban J connectivity index is 0.000000160. The molecule has 0 unspecified atom stereocenters. The molecule has 2 aromatic carbocycles. The number of carbonyl (C=O) groups is 2. The summed E-state index contributed by atoms with van der Waals surface area (Å²) in [4.78, 5) is 46.0. The first-order valence-corrected chi connectivity index (χ1v) is 19.8. The molecule has 4 atom stereocenters. The molecule has 4 saturated heterocycles. The number of rotatable bonds is 9. The normalized spacial score (nSPS) is 23.3. The Morgan fingerprint density at radius 1 is 0.704 bits per heavy atom. The van der Waals surface area contributed by atoms with Crippen LogP contribution in [0.4, 0.5) is 12.0 Å². The molecular weight excluding hydrogens is 683 g/mol. The summed E-state index contributed by atoms with van der Waals surface area (Å²) in [5.41, 5.74) is 4.33. The zero-order chi connectivity index (χ0) is 36.7. The predicted molar refractivity (Wildman–Crippen MR) is 208 cm³/mol. The Kier molecular flexibility index (Phi) is 11.3. The zero-order valence-electron chi connectivity index (χ0n) is 30.9. The Morgan fingerprint density at radius 2 is 1.31 bits per heavy atom. The molecule has 284 valence electrons. The molecule has 4 aliphatic rings. The van der Waals surface area contributed by atoms with E-state index in [0.29, 0.717) is 12.0 Å². The summed E-state index contributed by atoms with van der Waals surface area (Å²) in [6.45, 7) is 6.33. The van der Waals surface area contributed by atoms with Crippen LogP contribution in [0.2, 0.25) is 0 Å². The molecule has 4 fully saturated rings. The van der Waals surface area contributed by atoms with Crippen molar-refractivity contribution in [3.8, 4) is 0 Å². The SMILES string of the molecule is O=C(N[C@H]1CCN(CCc2ccccn2)C1)[C@@H]1CCCCN1c1nc2ccccc2o1.O=C(N[C@H]1CCNC1)[C@@H]1CCCCN1c1nc2ccccc2o1. The van der Waals surface area contributed by atoms with Gasteiger partial charge in [0.25, 0.3) is 12.0 Å². The zero-order valence-corrected chi connectivity index (χ0v) is 30.9. The van der Waals surface area contributed by atoms with Crippen LogP contribution in [0.1, 0.15) is 57.1 Å². The largest absolute Gasteiger partial charge is 0.423 e. The second-order valence-corrected chi connectivity index (χ2v) is 14.9. The number of benzene rings is 2. The van der Waals surface area contributed by atoms with Crippen LogP contribution >= 0.6 is 0 Å². The topological polar surface area (TPSA) is 145 Å². The van der Waals surface area contributed by atoms with Crippen LogP contribution in [0.5, 0.6) is 0 Å². The molecule has 0 bridgehead atoms. The van der Waals surface area contributed by atoms with Crippen molar-refractivity contribution in [2.45, 2.75) is 82.0 Å². The first kappa shape index (κ1) is 36.0. The number of fused-ring (bicyclic) bond motifs is 2. The molecule has 0 saturated carbocycles. The lowest BCUT2D eigenvalue weighted by atomic mass is 10.0. The Hall–Kier alpha value is -5.01. The van der Waals surface area contributed by atoms with Crippen LogP contribution in [0.25, 0.3) is 22.2 Å². The van der Waals surface area contributed by atoms with E-state index >= 15 is 0 Å². The van der Waals surface area contributed by atoms with E-state index in [4.69, 9.17) is 8.83 Å². The molecule has 4 aliphatic heterocycles. The van der Waals surface area contributed by atoms with Gasteiger partial charge in [-0.2, -0.15) is 9.97 Å². The molecule has 54 heavy (non-hydrogen) atoms. The lowest BCUT2D eigenvalue weighted by Gasteiger charge is -2.34. The van der Waals surface area contributed by atoms with Crippen molar-refractivity contribution in [3.63, 3.8) is 0 Å². The molecule has 0 radical (unpaired) electrons. The first-order valence-electron chi connectivity index (χ1n) is 19.8. The number of carbonyl (C=O) groups excluding carboxylic acids is 2. The number of amides is 2. The third-order valence-corrected chi connectivity index (χ3v) is 11.1. The van der Waals surface area contributed by atoms with Crippen LogP contribution in [-0.2, 0) is 16.0 Å². The summed E-state index contributed by atoms with van der Waals surface area (Å²) in [7, 11) is 0. The van der Waals surface area contributed by atoms with Gasteiger partial charge in [-0.15, -0.1) is 0 Å². The number of nitrogens with one attached hydrogen (secondary N) is 3. The highest BCUT2D eigenvalue weighted by Crippen LogP contribution is 2.29. The molecule has 0 aliphatic carbocycles. The molecule has 13 nitrogen and oxygen atoms in total. The highest BCUT2D eigenvalue weighted by molar-refractivity contribution is 5.86. The fraction of sp³-hybridized carbons (Fsp3) is 0.488. The minimum atomic E-state index is -0.218. The number of oxazole rings is 2. The van der Waals surface area contributed by atoms with Gasteiger partial charge >= 0.3 is 0 Å². The third kappa shape index (κ3) is 8.52. The van der Waals surface area contributed by atoms with Crippen molar-refractivity contribution in [2.75, 3.05) is 55.6 Å². The number of pyridine rings is 1. The minimum absolute atomic E-state index is 0.0959. The van der Waals surface area contributed by atoms with E-state index in [1.165, 1.54) is 0 Å². The molecule has 2 amide bonds. The average Bonchev–Trinajstić information content (AvgIpc) is 4.05. The maximum atomic E-state index is 13.2. The minimum Gasteiger partial charge on any atom is -0.423 e. The second-order valence-electron chi connectivity index (χ2n) is 14.9. The average molecular weight is 734 g/mol. The van der Waals surface area contributed by atoms with Gasteiger partial charge in [-0.1, -0.05) is 30.3 Å². The van der Waals surface area contributed by atoms with E-state index in [1.807, 2.05) is 76.7 Å². The highest BCUT2D eigenvalue weighted by atomic mass is 16.4. The Labute approximate surface area is 315 Å². The summed E-state index contributed by atoms with van der Waals surface area (Å²) in [5, 5.41) is 9.75. The number of hydrogen-bond donors (Lipinski definition) is 3. The lowest BCUT2D eigenvalue weighted by Crippen LogP contribution is -2.52. The summed E-state index contributed by atoms with van der Waals surface area (Å²) < 4.78 is 11.8. The number of anilines is 2. The monoisotopic (exact) mass is 733 g/mol. The van der Waals surface area contributed by atoms with Crippen molar-refractivity contribution >= 4 is 46.0 Å². The Bertz CT molecular complexity index is 1930. The molecule has 5 aromatic rings. The van der Waals surface area contributed by atoms with E-state index in [-0.39, 0.29) is 36.0 Å². The van der Waals surface area contributed by atoms with Gasteiger partial charge in [-0.25, -0.2) is 0 Å². The van der Waals surface area contributed by atoms with Crippen molar-refractivity contribution in [1.82, 2.24) is 35.8 Å². The van der Waals surface area contributed by atoms with E-state index in [2.05, 4.69) is 41.9 Å². The van der Waals surface area contributed by atoms with Crippen LogP contribution in [0.15, 0.2) is 81.8 Å². The van der Waals surface area contributed by atoms with Gasteiger partial charge in [-0.05, 0) is 94.3 Å². The summed E-state index contributed by atoms with van der Waals surface area (Å²) in [5.74, 6) is 0.194. The van der Waals surface area contributed by atoms with Gasteiger partial charge < -0.3 is 39.5 Å². The number of piperidine rings is 2. The third-order valence-electron chi connectivity index (χ3n) is 11.1. The Morgan fingerprint density at radius 3 is 1.89 bits per heavy atom. The number of aromatic nitrogens is 3. The quantitative estimate of drug-likeness (QED) is 0.194. The van der Waals surface area contributed by atoms with E-state index < -0.39 is 0 Å². The number of nitrogens with zero attached hydrogens (tertiary/aromatic N) is 6. The number of para-hydroxylation sites is 4. The van der Waals surface area contributed by atoms with Gasteiger partial charge in [0, 0.05) is 69.7 Å². The molecular formula is C41H51N9O4.